The molecule has 1 fully saturated rings. The predicted molar refractivity (Wildman–Crippen MR) is 80.7 cm³/mol. The van der Waals surface area contributed by atoms with Gasteiger partial charge in [-0.1, -0.05) is 13.8 Å². The lowest BCUT2D eigenvalue weighted by molar-refractivity contribution is -0.140. The van der Waals surface area contributed by atoms with Crippen LogP contribution in [-0.2, 0) is 14.3 Å². The molecule has 0 bridgehead atoms. The first-order valence-corrected chi connectivity index (χ1v) is 8.67. The second-order valence-corrected chi connectivity index (χ2v) is 5.87. The largest absolute Gasteiger partial charge is 0.480 e. The van der Waals surface area contributed by atoms with Crippen LogP contribution in [0.1, 0.15) is 27.2 Å². The van der Waals surface area contributed by atoms with Gasteiger partial charge in [-0.3, -0.25) is 14.9 Å². The summed E-state index contributed by atoms with van der Waals surface area (Å²) in [5.74, 6) is 0.832. The summed E-state index contributed by atoms with van der Waals surface area (Å²) in [4.78, 5) is 21.7. The van der Waals surface area contributed by atoms with Crippen molar-refractivity contribution in [2.75, 3.05) is 23.9 Å². The van der Waals surface area contributed by atoms with E-state index < -0.39 is 12.0 Å². The highest BCUT2D eigenvalue weighted by atomic mass is 32.2. The smallest absolute Gasteiger partial charge is 0.321 e. The van der Waals surface area contributed by atoms with Crippen LogP contribution in [-0.4, -0.2) is 52.3 Å². The third-order valence-electron chi connectivity index (χ3n) is 2.20. The van der Waals surface area contributed by atoms with Crippen LogP contribution in [0, 0.1) is 0 Å². The van der Waals surface area contributed by atoms with Gasteiger partial charge in [0.25, 0.3) is 0 Å². The Bertz CT molecular complexity index is 276. The maximum Gasteiger partial charge on any atom is 0.321 e. The molecule has 1 heterocycles. The zero-order valence-electron chi connectivity index (χ0n) is 11.7. The SMILES string of the molecule is CC.CCOC(=O)CSCCC1NC(C(=O)O)CS1. The van der Waals surface area contributed by atoms with E-state index in [2.05, 4.69) is 5.32 Å². The fourth-order valence-electron chi connectivity index (χ4n) is 1.39. The minimum absolute atomic E-state index is 0.186. The van der Waals surface area contributed by atoms with Crippen molar-refractivity contribution in [1.29, 1.82) is 0 Å². The van der Waals surface area contributed by atoms with Gasteiger partial charge in [-0.15, -0.1) is 11.8 Å². The topological polar surface area (TPSA) is 75.6 Å². The Morgan fingerprint density at radius 3 is 2.68 bits per heavy atom. The first-order valence-electron chi connectivity index (χ1n) is 6.47. The number of carboxylic acid groups (broad SMARTS) is 1. The van der Waals surface area contributed by atoms with Gasteiger partial charge in [-0.05, 0) is 19.1 Å². The van der Waals surface area contributed by atoms with E-state index >= 15 is 0 Å². The van der Waals surface area contributed by atoms with Gasteiger partial charge in [0.15, 0.2) is 0 Å². The number of thioether (sulfide) groups is 2. The van der Waals surface area contributed by atoms with Gasteiger partial charge >= 0.3 is 11.9 Å². The average molecular weight is 309 g/mol. The molecule has 0 aromatic heterocycles. The number of nitrogens with one attached hydrogen (secondary N) is 1. The quantitative estimate of drug-likeness (QED) is 0.549. The molecule has 2 unspecified atom stereocenters. The third kappa shape index (κ3) is 8.39. The van der Waals surface area contributed by atoms with E-state index in [9.17, 15) is 9.59 Å². The number of rotatable bonds is 7. The average Bonchev–Trinajstić information content (AvgIpc) is 2.86. The molecule has 1 saturated heterocycles. The van der Waals surface area contributed by atoms with Gasteiger partial charge < -0.3 is 9.84 Å². The molecule has 0 amide bonds. The Labute approximate surface area is 123 Å². The zero-order chi connectivity index (χ0) is 14.7. The molecule has 0 radical (unpaired) electrons. The van der Waals surface area contributed by atoms with Crippen LogP contribution in [0.5, 0.6) is 0 Å². The van der Waals surface area contributed by atoms with E-state index in [1.165, 1.54) is 11.8 Å². The molecule has 7 heteroatoms. The van der Waals surface area contributed by atoms with E-state index in [0.717, 1.165) is 12.2 Å². The van der Waals surface area contributed by atoms with Crippen molar-refractivity contribution in [1.82, 2.24) is 5.32 Å². The summed E-state index contributed by atoms with van der Waals surface area (Å²) in [5.41, 5.74) is 0. The van der Waals surface area contributed by atoms with Crippen LogP contribution < -0.4 is 5.32 Å². The monoisotopic (exact) mass is 309 g/mol. The highest BCUT2D eigenvalue weighted by molar-refractivity contribution is 8.00. The molecule has 5 nitrogen and oxygen atoms in total. The molecule has 0 aromatic carbocycles. The summed E-state index contributed by atoms with van der Waals surface area (Å²) >= 11 is 3.15. The summed E-state index contributed by atoms with van der Waals surface area (Å²) in [7, 11) is 0. The molecular weight excluding hydrogens is 286 g/mol. The second-order valence-electron chi connectivity index (χ2n) is 3.53. The van der Waals surface area contributed by atoms with Crippen LogP contribution in [0.3, 0.4) is 0 Å². The molecule has 2 atom stereocenters. The normalized spacial score (nSPS) is 21.4. The van der Waals surface area contributed by atoms with Crippen molar-refractivity contribution in [2.24, 2.45) is 0 Å². The molecule has 0 aromatic rings. The van der Waals surface area contributed by atoms with E-state index in [0.29, 0.717) is 18.1 Å². The Kier molecular flexibility index (Phi) is 11.2. The number of hydrogen-bond donors (Lipinski definition) is 2. The van der Waals surface area contributed by atoms with Crippen LogP contribution in [0.15, 0.2) is 0 Å². The van der Waals surface area contributed by atoms with Crippen LogP contribution in [0.4, 0.5) is 0 Å². The Hall–Kier alpha value is -0.400. The van der Waals surface area contributed by atoms with Crippen LogP contribution >= 0.6 is 23.5 Å². The van der Waals surface area contributed by atoms with Gasteiger partial charge in [0.1, 0.15) is 6.04 Å². The molecule has 0 spiro atoms. The number of hydrogen-bond acceptors (Lipinski definition) is 6. The fourth-order valence-corrected chi connectivity index (χ4v) is 3.55. The Balaban J connectivity index is 0.00000154. The molecule has 1 aliphatic heterocycles. The minimum Gasteiger partial charge on any atom is -0.480 e. The number of carbonyl (C=O) groups excluding carboxylic acids is 1. The lowest BCUT2D eigenvalue weighted by atomic mass is 10.3. The molecule has 0 aliphatic carbocycles. The van der Waals surface area contributed by atoms with Crippen molar-refractivity contribution in [2.45, 2.75) is 38.6 Å². The maximum absolute atomic E-state index is 11.0. The van der Waals surface area contributed by atoms with E-state index in [1.807, 2.05) is 13.8 Å². The van der Waals surface area contributed by atoms with E-state index in [1.54, 1.807) is 18.7 Å². The van der Waals surface area contributed by atoms with E-state index in [-0.39, 0.29) is 11.3 Å². The van der Waals surface area contributed by atoms with Gasteiger partial charge in [-0.2, -0.15) is 11.8 Å². The standard InChI is InChI=1S/C10H17NO4S2.C2H6/c1-2-15-9(12)6-16-4-3-8-11-7(5-17-8)10(13)14;1-2/h7-8,11H,2-6H2,1H3,(H,13,14);1-2H3. The lowest BCUT2D eigenvalue weighted by Gasteiger charge is -2.10. The summed E-state index contributed by atoms with van der Waals surface area (Å²) in [5, 5.41) is 12.0. The van der Waals surface area contributed by atoms with Crippen molar-refractivity contribution in [3.05, 3.63) is 0 Å². The first-order chi connectivity index (χ1) is 9.13. The van der Waals surface area contributed by atoms with Crippen molar-refractivity contribution in [3.8, 4) is 0 Å². The zero-order valence-corrected chi connectivity index (χ0v) is 13.3. The molecule has 2 N–H and O–H groups in total. The number of aliphatic carboxylic acids is 1. The molecule has 1 rings (SSSR count). The second kappa shape index (κ2) is 11.4. The lowest BCUT2D eigenvalue weighted by Crippen LogP contribution is -2.36. The first kappa shape index (κ1) is 18.6. The molecule has 112 valence electrons. The molecule has 1 aliphatic rings. The number of ether oxygens (including phenoxy) is 1. The van der Waals surface area contributed by atoms with Crippen LogP contribution in [0.25, 0.3) is 0 Å². The number of esters is 1. The summed E-state index contributed by atoms with van der Waals surface area (Å²) < 4.78 is 4.80. The molecule has 19 heavy (non-hydrogen) atoms. The molecule has 0 saturated carbocycles. The van der Waals surface area contributed by atoms with Crippen molar-refractivity contribution >= 4 is 35.5 Å². The van der Waals surface area contributed by atoms with Gasteiger partial charge in [0.05, 0.1) is 17.7 Å². The number of carbonyl (C=O) groups is 2. The van der Waals surface area contributed by atoms with Gasteiger partial charge in [0.2, 0.25) is 0 Å². The minimum atomic E-state index is -0.792. The Morgan fingerprint density at radius 2 is 2.16 bits per heavy atom. The van der Waals surface area contributed by atoms with Crippen molar-refractivity contribution in [3.63, 3.8) is 0 Å². The summed E-state index contributed by atoms with van der Waals surface area (Å²) in [6.07, 6.45) is 0.860. The maximum atomic E-state index is 11.0. The fraction of sp³-hybridized carbons (Fsp3) is 0.833. The Morgan fingerprint density at radius 1 is 1.47 bits per heavy atom. The summed E-state index contributed by atoms with van der Waals surface area (Å²) in [6.45, 7) is 6.20. The number of carboxylic acids is 1. The van der Waals surface area contributed by atoms with Crippen molar-refractivity contribution < 1.29 is 19.4 Å². The van der Waals surface area contributed by atoms with Gasteiger partial charge in [-0.25, -0.2) is 0 Å². The highest BCUT2D eigenvalue weighted by Gasteiger charge is 2.28. The molecular formula is C12H23NO4S2. The van der Waals surface area contributed by atoms with E-state index in [4.69, 9.17) is 9.84 Å². The van der Waals surface area contributed by atoms with Crippen LogP contribution in [0.2, 0.25) is 0 Å². The van der Waals surface area contributed by atoms with Gasteiger partial charge in [0, 0.05) is 5.75 Å². The third-order valence-corrected chi connectivity index (χ3v) is 4.46. The highest BCUT2D eigenvalue weighted by Crippen LogP contribution is 2.22. The predicted octanol–water partition coefficient (Wildman–Crippen LogP) is 1.81. The summed E-state index contributed by atoms with van der Waals surface area (Å²) in [6, 6.07) is -0.431.